The Morgan fingerprint density at radius 3 is 2.56 bits per heavy atom. The van der Waals surface area contributed by atoms with Gasteiger partial charge in [-0.15, -0.1) is 11.3 Å². The zero-order chi connectivity index (χ0) is 19.4. The number of rotatable bonds is 7. The number of hydrogen-bond donors (Lipinski definition) is 1. The topological polar surface area (TPSA) is 66.5 Å². The quantitative estimate of drug-likeness (QED) is 0.745. The number of nitrogens with zero attached hydrogens (tertiary/aromatic N) is 1. The fourth-order valence-corrected chi connectivity index (χ4v) is 5.54. The van der Waals surface area contributed by atoms with Crippen LogP contribution in [0.3, 0.4) is 0 Å². The molecule has 0 bridgehead atoms. The van der Waals surface area contributed by atoms with Gasteiger partial charge in [0.25, 0.3) is 5.91 Å². The Labute approximate surface area is 165 Å². The van der Waals surface area contributed by atoms with Crippen molar-refractivity contribution in [3.63, 3.8) is 0 Å². The molecule has 27 heavy (non-hydrogen) atoms. The Bertz CT molecular complexity index is 878. The monoisotopic (exact) mass is 406 g/mol. The van der Waals surface area contributed by atoms with Gasteiger partial charge in [-0.1, -0.05) is 13.3 Å². The number of carbonyl (C=O) groups is 1. The van der Waals surface area contributed by atoms with Gasteiger partial charge in [-0.25, -0.2) is 12.7 Å². The molecule has 1 heterocycles. The molecule has 5 nitrogen and oxygen atoms in total. The number of benzene rings is 1. The van der Waals surface area contributed by atoms with Crippen molar-refractivity contribution in [2.45, 2.75) is 50.3 Å². The molecule has 0 saturated carbocycles. The van der Waals surface area contributed by atoms with E-state index in [1.54, 1.807) is 42.6 Å². The highest BCUT2D eigenvalue weighted by Crippen LogP contribution is 2.30. The van der Waals surface area contributed by atoms with E-state index < -0.39 is 10.0 Å². The van der Waals surface area contributed by atoms with E-state index in [1.807, 2.05) is 13.0 Å². The van der Waals surface area contributed by atoms with E-state index in [1.165, 1.54) is 27.6 Å². The predicted molar refractivity (Wildman–Crippen MR) is 110 cm³/mol. The van der Waals surface area contributed by atoms with Gasteiger partial charge in [0.15, 0.2) is 0 Å². The van der Waals surface area contributed by atoms with Gasteiger partial charge in [0.05, 0.1) is 9.77 Å². The van der Waals surface area contributed by atoms with E-state index in [9.17, 15) is 13.2 Å². The van der Waals surface area contributed by atoms with E-state index in [0.717, 1.165) is 30.6 Å². The Hall–Kier alpha value is -1.70. The Kier molecular flexibility index (Phi) is 6.34. The minimum atomic E-state index is -3.49. The molecule has 1 aromatic heterocycles. The van der Waals surface area contributed by atoms with Gasteiger partial charge in [0.2, 0.25) is 10.0 Å². The number of anilines is 1. The third-order valence-electron chi connectivity index (χ3n) is 4.87. The summed E-state index contributed by atoms with van der Waals surface area (Å²) in [6, 6.07) is 8.38. The highest BCUT2D eigenvalue weighted by atomic mass is 32.2. The third kappa shape index (κ3) is 4.59. The lowest BCUT2D eigenvalue weighted by Gasteiger charge is -2.17. The molecule has 7 heteroatoms. The van der Waals surface area contributed by atoms with Gasteiger partial charge in [-0.05, 0) is 68.0 Å². The molecule has 146 valence electrons. The number of carbonyl (C=O) groups excluding carboxylic acids is 1. The summed E-state index contributed by atoms with van der Waals surface area (Å²) in [6.07, 6.45) is 6.26. The predicted octanol–water partition coefficient (Wildman–Crippen LogP) is 4.30. The van der Waals surface area contributed by atoms with E-state index in [0.29, 0.717) is 12.2 Å². The van der Waals surface area contributed by atoms with Crippen molar-refractivity contribution in [3.8, 4) is 0 Å². The van der Waals surface area contributed by atoms with Gasteiger partial charge >= 0.3 is 0 Å². The summed E-state index contributed by atoms with van der Waals surface area (Å²) in [4.78, 5) is 14.8. The van der Waals surface area contributed by atoms with Crippen LogP contribution in [-0.4, -0.2) is 32.2 Å². The number of nitrogens with one attached hydrogen (secondary N) is 1. The zero-order valence-electron chi connectivity index (χ0n) is 15.8. The van der Waals surface area contributed by atoms with Crippen LogP contribution < -0.4 is 5.32 Å². The van der Waals surface area contributed by atoms with Crippen LogP contribution in [0.5, 0.6) is 0 Å². The molecule has 1 aromatic carbocycles. The number of unbranched alkanes of at least 4 members (excludes halogenated alkanes) is 1. The lowest BCUT2D eigenvalue weighted by atomic mass is 9.99. The standard InChI is InChI=1S/C20H26N2O3S2/c1-3-4-13-22(2)27(24,25)17-11-9-16(10-12-17)21-20(23)19-14-15-7-5-6-8-18(15)26-19/h9-12,14H,3-8,13H2,1-2H3,(H,21,23). The SMILES string of the molecule is CCCCN(C)S(=O)(=O)c1ccc(NC(=O)c2cc3c(s2)CCCC3)cc1. The summed E-state index contributed by atoms with van der Waals surface area (Å²) >= 11 is 1.57. The molecule has 0 spiro atoms. The largest absolute Gasteiger partial charge is 0.321 e. The summed E-state index contributed by atoms with van der Waals surface area (Å²) in [5.41, 5.74) is 1.90. The van der Waals surface area contributed by atoms with Crippen LogP contribution in [0.4, 0.5) is 5.69 Å². The van der Waals surface area contributed by atoms with Crippen molar-refractivity contribution in [1.29, 1.82) is 0 Å². The van der Waals surface area contributed by atoms with Crippen LogP contribution in [0, 0.1) is 0 Å². The summed E-state index contributed by atoms with van der Waals surface area (Å²) < 4.78 is 26.5. The van der Waals surface area contributed by atoms with Gasteiger partial charge < -0.3 is 5.32 Å². The fraction of sp³-hybridized carbons (Fsp3) is 0.450. The Morgan fingerprint density at radius 1 is 1.19 bits per heavy atom. The number of amides is 1. The Morgan fingerprint density at radius 2 is 1.89 bits per heavy atom. The summed E-state index contributed by atoms with van der Waals surface area (Å²) in [7, 11) is -1.89. The van der Waals surface area contributed by atoms with Crippen molar-refractivity contribution in [3.05, 3.63) is 45.6 Å². The summed E-state index contributed by atoms with van der Waals surface area (Å²) in [5.74, 6) is -0.134. The van der Waals surface area contributed by atoms with Crippen LogP contribution in [0.2, 0.25) is 0 Å². The maximum Gasteiger partial charge on any atom is 0.265 e. The van der Waals surface area contributed by atoms with Crippen molar-refractivity contribution in [2.24, 2.45) is 0 Å². The third-order valence-corrected chi connectivity index (χ3v) is 7.97. The normalized spacial score (nSPS) is 14.2. The second-order valence-electron chi connectivity index (χ2n) is 6.92. The Balaban J connectivity index is 1.68. The minimum Gasteiger partial charge on any atom is -0.321 e. The molecular weight excluding hydrogens is 380 g/mol. The average Bonchev–Trinajstić information content (AvgIpc) is 3.11. The van der Waals surface area contributed by atoms with Crippen LogP contribution in [0.15, 0.2) is 35.2 Å². The lowest BCUT2D eigenvalue weighted by molar-refractivity contribution is 0.103. The summed E-state index contributed by atoms with van der Waals surface area (Å²) in [6.45, 7) is 2.53. The molecule has 0 atom stereocenters. The maximum atomic E-state index is 12.5. The van der Waals surface area contributed by atoms with Crippen molar-refractivity contribution < 1.29 is 13.2 Å². The molecule has 0 radical (unpaired) electrons. The maximum absolute atomic E-state index is 12.5. The van der Waals surface area contributed by atoms with E-state index in [-0.39, 0.29) is 10.8 Å². The molecule has 2 aromatic rings. The fourth-order valence-electron chi connectivity index (χ4n) is 3.19. The van der Waals surface area contributed by atoms with E-state index in [4.69, 9.17) is 0 Å². The van der Waals surface area contributed by atoms with Crippen LogP contribution in [0.1, 0.15) is 52.7 Å². The van der Waals surface area contributed by atoms with Crippen LogP contribution >= 0.6 is 11.3 Å². The first-order valence-corrected chi connectivity index (χ1v) is 11.7. The molecule has 1 N–H and O–H groups in total. The first-order chi connectivity index (χ1) is 12.9. The number of hydrogen-bond acceptors (Lipinski definition) is 4. The molecule has 0 unspecified atom stereocenters. The first-order valence-electron chi connectivity index (χ1n) is 9.41. The molecule has 0 fully saturated rings. The summed E-state index contributed by atoms with van der Waals surface area (Å²) in [5, 5.41) is 2.87. The molecule has 1 aliphatic carbocycles. The molecule has 0 aliphatic heterocycles. The number of aryl methyl sites for hydroxylation is 2. The van der Waals surface area contributed by atoms with Gasteiger partial charge in [-0.3, -0.25) is 4.79 Å². The van der Waals surface area contributed by atoms with Crippen molar-refractivity contribution in [2.75, 3.05) is 18.9 Å². The smallest absolute Gasteiger partial charge is 0.265 e. The second-order valence-corrected chi connectivity index (χ2v) is 10.1. The van der Waals surface area contributed by atoms with E-state index in [2.05, 4.69) is 5.32 Å². The van der Waals surface area contributed by atoms with Crippen molar-refractivity contribution in [1.82, 2.24) is 4.31 Å². The lowest BCUT2D eigenvalue weighted by Crippen LogP contribution is -2.27. The zero-order valence-corrected chi connectivity index (χ0v) is 17.5. The van der Waals surface area contributed by atoms with Gasteiger partial charge in [0.1, 0.15) is 0 Å². The minimum absolute atomic E-state index is 0.134. The number of thiophene rings is 1. The molecule has 3 rings (SSSR count). The molecular formula is C20H26N2O3S2. The molecule has 1 amide bonds. The first kappa shape index (κ1) is 20.0. The van der Waals surface area contributed by atoms with Gasteiger partial charge in [-0.2, -0.15) is 0 Å². The van der Waals surface area contributed by atoms with E-state index >= 15 is 0 Å². The average molecular weight is 407 g/mol. The van der Waals surface area contributed by atoms with Crippen LogP contribution in [0.25, 0.3) is 0 Å². The number of fused-ring (bicyclic) bond motifs is 1. The number of sulfonamides is 1. The van der Waals surface area contributed by atoms with Crippen molar-refractivity contribution >= 4 is 33.0 Å². The highest BCUT2D eigenvalue weighted by molar-refractivity contribution is 7.89. The van der Waals surface area contributed by atoms with Crippen LogP contribution in [-0.2, 0) is 22.9 Å². The molecule has 1 aliphatic rings. The van der Waals surface area contributed by atoms with Gasteiger partial charge in [0, 0.05) is 24.2 Å². The second kappa shape index (κ2) is 8.54. The highest BCUT2D eigenvalue weighted by Gasteiger charge is 2.21. The molecule has 0 saturated heterocycles.